The van der Waals surface area contributed by atoms with Crippen molar-refractivity contribution in [1.29, 1.82) is 0 Å². The number of hydrogen-bond donors (Lipinski definition) is 2. The zero-order valence-electron chi connectivity index (χ0n) is 12.3. The summed E-state index contributed by atoms with van der Waals surface area (Å²) < 4.78 is 5.18. The summed E-state index contributed by atoms with van der Waals surface area (Å²) in [5.41, 5.74) is 6.39. The first-order chi connectivity index (χ1) is 11.1. The summed E-state index contributed by atoms with van der Waals surface area (Å²) in [4.78, 5) is 24.5. The van der Waals surface area contributed by atoms with Gasteiger partial charge in [0.2, 0.25) is 11.7 Å². The molecule has 0 unspecified atom stereocenters. The molecule has 0 aromatic carbocycles. The first kappa shape index (κ1) is 14.6. The number of hydrogen-bond acceptors (Lipinski definition) is 7. The largest absolute Gasteiger partial charge is 0.384 e. The molecule has 0 fully saturated rings. The summed E-state index contributed by atoms with van der Waals surface area (Å²) in [6.45, 7) is 1.74. The van der Waals surface area contributed by atoms with Crippen LogP contribution in [0, 0.1) is 0 Å². The van der Waals surface area contributed by atoms with Crippen LogP contribution in [0.5, 0.6) is 0 Å². The third kappa shape index (κ3) is 3.31. The summed E-state index contributed by atoms with van der Waals surface area (Å²) in [7, 11) is 0. The normalized spacial score (nSPS) is 11.9. The number of aromatic nitrogens is 4. The van der Waals surface area contributed by atoms with Crippen LogP contribution in [-0.2, 0) is 0 Å². The first-order valence-corrected chi connectivity index (χ1v) is 6.92. The predicted molar refractivity (Wildman–Crippen MR) is 82.1 cm³/mol. The van der Waals surface area contributed by atoms with Gasteiger partial charge in [0.05, 0.1) is 0 Å². The highest BCUT2D eigenvalue weighted by Gasteiger charge is 2.19. The molecule has 8 heteroatoms. The van der Waals surface area contributed by atoms with Crippen molar-refractivity contribution in [2.45, 2.75) is 13.0 Å². The predicted octanol–water partition coefficient (Wildman–Crippen LogP) is 1.60. The maximum Gasteiger partial charge on any atom is 0.270 e. The minimum Gasteiger partial charge on any atom is -0.384 e. The number of carbonyl (C=O) groups excluding carboxylic acids is 1. The van der Waals surface area contributed by atoms with Crippen molar-refractivity contribution < 1.29 is 9.32 Å². The molecule has 3 N–H and O–H groups in total. The highest BCUT2D eigenvalue weighted by atomic mass is 16.5. The maximum atomic E-state index is 12.1. The molecule has 3 heterocycles. The Kier molecular flexibility index (Phi) is 3.96. The Labute approximate surface area is 131 Å². The number of anilines is 1. The monoisotopic (exact) mass is 310 g/mol. The minimum absolute atomic E-state index is 0.223. The molecule has 0 radical (unpaired) electrons. The molecular formula is C15H14N6O2. The second-order valence-corrected chi connectivity index (χ2v) is 4.81. The number of rotatable bonds is 4. The Morgan fingerprint density at radius 2 is 2.09 bits per heavy atom. The number of pyridine rings is 2. The second kappa shape index (κ2) is 6.22. The number of nitrogens with zero attached hydrogens (tertiary/aromatic N) is 4. The SMILES string of the molecule is C[C@@H](NC(=O)c1cccc(N)n1)c1nc(-c2ccccn2)no1. The van der Waals surface area contributed by atoms with Crippen LogP contribution in [0.4, 0.5) is 5.82 Å². The van der Waals surface area contributed by atoms with Gasteiger partial charge in [-0.15, -0.1) is 0 Å². The Bertz CT molecular complexity index is 818. The zero-order valence-corrected chi connectivity index (χ0v) is 12.3. The van der Waals surface area contributed by atoms with E-state index in [0.29, 0.717) is 11.5 Å². The van der Waals surface area contributed by atoms with E-state index in [-0.39, 0.29) is 23.3 Å². The molecule has 3 aromatic heterocycles. The van der Waals surface area contributed by atoms with Crippen molar-refractivity contribution in [2.24, 2.45) is 0 Å². The third-order valence-electron chi connectivity index (χ3n) is 3.06. The van der Waals surface area contributed by atoms with Gasteiger partial charge >= 0.3 is 0 Å². The van der Waals surface area contributed by atoms with E-state index in [1.807, 2.05) is 6.07 Å². The van der Waals surface area contributed by atoms with Crippen LogP contribution in [0.25, 0.3) is 11.5 Å². The first-order valence-electron chi connectivity index (χ1n) is 6.92. The van der Waals surface area contributed by atoms with E-state index in [0.717, 1.165) is 0 Å². The smallest absolute Gasteiger partial charge is 0.270 e. The lowest BCUT2D eigenvalue weighted by Gasteiger charge is -2.09. The zero-order chi connectivity index (χ0) is 16.2. The van der Waals surface area contributed by atoms with E-state index in [1.54, 1.807) is 43.5 Å². The topological polar surface area (TPSA) is 120 Å². The van der Waals surface area contributed by atoms with Crippen LogP contribution in [0.2, 0.25) is 0 Å². The third-order valence-corrected chi connectivity index (χ3v) is 3.06. The van der Waals surface area contributed by atoms with Crippen molar-refractivity contribution in [3.63, 3.8) is 0 Å². The van der Waals surface area contributed by atoms with Gasteiger partial charge in [-0.3, -0.25) is 9.78 Å². The Morgan fingerprint density at radius 3 is 2.83 bits per heavy atom. The summed E-state index contributed by atoms with van der Waals surface area (Å²) in [5, 5.41) is 6.60. The van der Waals surface area contributed by atoms with Crippen LogP contribution in [0.15, 0.2) is 47.1 Å². The van der Waals surface area contributed by atoms with Crippen LogP contribution in [-0.4, -0.2) is 26.0 Å². The van der Waals surface area contributed by atoms with E-state index >= 15 is 0 Å². The standard InChI is InChI=1S/C15H14N6O2/c1-9(18-14(22)11-6-4-7-12(16)19-11)15-20-13(21-23-15)10-5-2-3-8-17-10/h2-9H,1H3,(H2,16,19)(H,18,22)/t9-/m1/s1. The van der Waals surface area contributed by atoms with E-state index in [1.165, 1.54) is 0 Å². The highest BCUT2D eigenvalue weighted by molar-refractivity contribution is 5.92. The summed E-state index contributed by atoms with van der Waals surface area (Å²) in [6, 6.07) is 9.77. The van der Waals surface area contributed by atoms with Gasteiger partial charge in [-0.25, -0.2) is 4.98 Å². The molecule has 8 nitrogen and oxygen atoms in total. The van der Waals surface area contributed by atoms with Crippen molar-refractivity contribution in [3.8, 4) is 11.5 Å². The number of carbonyl (C=O) groups is 1. The average Bonchev–Trinajstić information content (AvgIpc) is 3.06. The van der Waals surface area contributed by atoms with Crippen LogP contribution in [0.3, 0.4) is 0 Å². The number of nitrogens with two attached hydrogens (primary N) is 1. The minimum atomic E-state index is -0.476. The second-order valence-electron chi connectivity index (χ2n) is 4.81. The van der Waals surface area contributed by atoms with Crippen molar-refractivity contribution in [1.82, 2.24) is 25.4 Å². The van der Waals surface area contributed by atoms with Crippen LogP contribution >= 0.6 is 0 Å². The average molecular weight is 310 g/mol. The lowest BCUT2D eigenvalue weighted by molar-refractivity contribution is 0.0927. The Balaban J connectivity index is 1.73. The number of nitrogens with one attached hydrogen (secondary N) is 1. The van der Waals surface area contributed by atoms with Crippen molar-refractivity contribution >= 4 is 11.7 Å². The quantitative estimate of drug-likeness (QED) is 0.750. The molecule has 0 aliphatic heterocycles. The van der Waals surface area contributed by atoms with Crippen molar-refractivity contribution in [2.75, 3.05) is 5.73 Å². The van der Waals surface area contributed by atoms with Gasteiger partial charge in [0.1, 0.15) is 23.2 Å². The molecule has 0 saturated carbocycles. The molecular weight excluding hydrogens is 296 g/mol. The van der Waals surface area contributed by atoms with Gasteiger partial charge in [0.25, 0.3) is 5.91 Å². The van der Waals surface area contributed by atoms with Gasteiger partial charge in [0.15, 0.2) is 0 Å². The molecule has 116 valence electrons. The summed E-state index contributed by atoms with van der Waals surface area (Å²) in [6.07, 6.45) is 1.64. The van der Waals surface area contributed by atoms with E-state index in [9.17, 15) is 4.79 Å². The molecule has 0 bridgehead atoms. The van der Waals surface area contributed by atoms with E-state index in [4.69, 9.17) is 10.3 Å². The van der Waals surface area contributed by atoms with E-state index < -0.39 is 6.04 Å². The molecule has 23 heavy (non-hydrogen) atoms. The van der Waals surface area contributed by atoms with Crippen LogP contribution < -0.4 is 11.1 Å². The van der Waals surface area contributed by atoms with Gasteiger partial charge in [-0.1, -0.05) is 17.3 Å². The molecule has 0 spiro atoms. The van der Waals surface area contributed by atoms with Crippen molar-refractivity contribution in [3.05, 3.63) is 54.2 Å². The lowest BCUT2D eigenvalue weighted by atomic mass is 10.3. The fourth-order valence-corrected chi connectivity index (χ4v) is 1.92. The van der Waals surface area contributed by atoms with Crippen LogP contribution in [0.1, 0.15) is 29.3 Å². The molecule has 1 amide bonds. The summed E-state index contributed by atoms with van der Waals surface area (Å²) >= 11 is 0. The van der Waals surface area contributed by atoms with E-state index in [2.05, 4.69) is 25.4 Å². The Hall–Kier alpha value is -3.29. The molecule has 3 rings (SSSR count). The molecule has 3 aromatic rings. The van der Waals surface area contributed by atoms with Gasteiger partial charge in [0, 0.05) is 6.20 Å². The number of nitrogen functional groups attached to an aromatic ring is 1. The highest BCUT2D eigenvalue weighted by Crippen LogP contribution is 2.16. The molecule has 0 aliphatic carbocycles. The molecule has 0 aliphatic rings. The molecule has 1 atom stereocenters. The summed E-state index contributed by atoms with van der Waals surface area (Å²) in [5.74, 6) is 0.551. The maximum absolute atomic E-state index is 12.1. The number of amides is 1. The fourth-order valence-electron chi connectivity index (χ4n) is 1.92. The lowest BCUT2D eigenvalue weighted by Crippen LogP contribution is -2.27. The fraction of sp³-hybridized carbons (Fsp3) is 0.133. The van der Waals surface area contributed by atoms with Gasteiger partial charge in [-0.2, -0.15) is 4.98 Å². The Morgan fingerprint density at radius 1 is 1.22 bits per heavy atom. The van der Waals surface area contributed by atoms with Gasteiger partial charge < -0.3 is 15.6 Å². The van der Waals surface area contributed by atoms with Gasteiger partial charge in [-0.05, 0) is 31.2 Å². The molecule has 0 saturated heterocycles.